The van der Waals surface area contributed by atoms with Crippen LogP contribution >= 0.6 is 7.37 Å². The summed E-state index contributed by atoms with van der Waals surface area (Å²) < 4.78 is 36.8. The third kappa shape index (κ3) is 2750. The Morgan fingerprint density at radius 2 is 1.39 bits per heavy atom. The summed E-state index contributed by atoms with van der Waals surface area (Å²) in [5, 5.41) is 17.7. The first kappa shape index (κ1) is 25.7. The van der Waals surface area contributed by atoms with Crippen LogP contribution in [0.5, 0.6) is 0 Å². The summed E-state index contributed by atoms with van der Waals surface area (Å²) in [7, 11) is -6.17. The fraction of sp³-hybridized carbons (Fsp3) is 0.667. The molecule has 10 nitrogen and oxygen atoms in total. The van der Waals surface area contributed by atoms with E-state index in [9.17, 15) is 9.46 Å². The van der Waals surface area contributed by atoms with E-state index >= 15 is 0 Å². The Morgan fingerprint density at radius 3 is 1.39 bits per heavy atom. The Kier molecular flexibility index (Phi) is 17.8. The molecule has 0 aliphatic carbocycles. The van der Waals surface area contributed by atoms with E-state index in [1.807, 2.05) is 0 Å². The molecule has 0 aromatic carbocycles. The van der Waals surface area contributed by atoms with Crippen molar-refractivity contribution in [3.05, 3.63) is 16.8 Å². The summed E-state index contributed by atoms with van der Waals surface area (Å²) >= 11 is 0. The van der Waals surface area contributed by atoms with E-state index < -0.39 is 28.4 Å². The molecule has 0 saturated carbocycles. The second kappa shape index (κ2) is 12.4. The Balaban J connectivity index is -0.0000000731. The van der Waals surface area contributed by atoms with E-state index in [1.165, 1.54) is 0 Å². The maximum absolute atomic E-state index is 9.55. The number of rotatable bonds is 0. The minimum Gasteiger partial charge on any atom is -0.823 e. The van der Waals surface area contributed by atoms with Crippen LogP contribution in [0.1, 0.15) is 6.92 Å². The predicted molar refractivity (Wildman–Crippen MR) is 58.1 cm³/mol. The van der Waals surface area contributed by atoms with Gasteiger partial charge in [-0.05, 0) is 6.92 Å². The molecule has 0 N–H and O–H groups in total. The van der Waals surface area contributed by atoms with E-state index in [0.29, 0.717) is 6.26 Å². The standard InChI is InChI=1S/C2H6O2P.C2H4O2.CH3NO2.CH4O3S/c1-5(2,3)4;2*1-2(3)4;1-5(2,3)4/h1H2,2H3,(H,3,4);1H3,(H,3,4);1H3;1H3,(H,2,3,4)/q-1;;;/p-3. The van der Waals surface area contributed by atoms with Crippen molar-refractivity contribution in [2.45, 2.75) is 6.92 Å². The van der Waals surface area contributed by atoms with Crippen LogP contribution in [-0.4, -0.2) is 43.8 Å². The first-order valence-electron chi connectivity index (χ1n) is 3.76. The topological polar surface area (TPSA) is 181 Å². The van der Waals surface area contributed by atoms with Gasteiger partial charge in [-0.25, -0.2) is 8.42 Å². The Bertz CT molecular complexity index is 334. The lowest BCUT2D eigenvalue weighted by Gasteiger charge is -2.16. The van der Waals surface area contributed by atoms with Crippen LogP contribution < -0.4 is 10.00 Å². The molecule has 0 amide bonds. The molecule has 12 heteroatoms. The SMILES string of the molecule is CC(=O)[O-].CS(=O)(=O)[O-].C[N+](=O)[O-].[CH2-]P(C)(=O)[O-]. The third-order valence-electron chi connectivity index (χ3n) is 0. The molecule has 0 aliphatic heterocycles. The van der Waals surface area contributed by atoms with Crippen molar-refractivity contribution in [2.75, 3.05) is 20.0 Å². The molecule has 0 rings (SSSR count). The van der Waals surface area contributed by atoms with Gasteiger partial charge in [0, 0.05) is 17.1 Å². The van der Waals surface area contributed by atoms with Gasteiger partial charge in [0.2, 0.25) is 0 Å². The highest BCUT2D eigenvalue weighted by atomic mass is 32.2. The van der Waals surface area contributed by atoms with Crippen LogP contribution in [0, 0.1) is 16.8 Å². The molecule has 0 aromatic heterocycles. The lowest BCUT2D eigenvalue weighted by molar-refractivity contribution is -0.445. The second-order valence-corrected chi connectivity index (χ2v) is 6.09. The van der Waals surface area contributed by atoms with E-state index in [4.69, 9.17) is 33.0 Å². The Morgan fingerprint density at radius 1 is 1.39 bits per heavy atom. The van der Waals surface area contributed by atoms with Crippen LogP contribution in [0.4, 0.5) is 0 Å². The van der Waals surface area contributed by atoms with Crippen LogP contribution in [0.2, 0.25) is 0 Å². The van der Waals surface area contributed by atoms with Crippen molar-refractivity contribution >= 4 is 23.5 Å². The monoisotopic (exact) mass is 307 g/mol. The van der Waals surface area contributed by atoms with Crippen LogP contribution in [0.3, 0.4) is 0 Å². The number of aliphatic carboxylic acids is 1. The molecule has 0 spiro atoms. The molecule has 1 atom stereocenters. The summed E-state index contributed by atoms with van der Waals surface area (Å²) in [6.07, 6.45) is 0.604. The Hall–Kier alpha value is -1.03. The van der Waals surface area contributed by atoms with Gasteiger partial charge in [0.25, 0.3) is 0 Å². The van der Waals surface area contributed by atoms with Gasteiger partial charge in [-0.3, -0.25) is 16.8 Å². The molecule has 18 heavy (non-hydrogen) atoms. The van der Waals surface area contributed by atoms with Gasteiger partial charge in [-0.2, -0.15) is 0 Å². The number of hydrogen-bond donors (Lipinski definition) is 0. The van der Waals surface area contributed by atoms with Crippen molar-refractivity contribution in [3.8, 4) is 0 Å². The smallest absolute Gasteiger partial charge is 0.194 e. The normalized spacial score (nSPS) is 11.9. The number of carboxylic acid groups (broad SMARTS) is 1. The zero-order valence-electron chi connectivity index (χ0n) is 10.2. The highest BCUT2D eigenvalue weighted by Crippen LogP contribution is 2.24. The molecule has 0 radical (unpaired) electrons. The van der Waals surface area contributed by atoms with Crippen LogP contribution in [0.25, 0.3) is 0 Å². The van der Waals surface area contributed by atoms with Crippen molar-refractivity contribution in [1.29, 1.82) is 0 Å². The van der Waals surface area contributed by atoms with E-state index in [-0.39, 0.29) is 0 Å². The van der Waals surface area contributed by atoms with Crippen LogP contribution in [-0.2, 0) is 19.5 Å². The molecule has 1 unspecified atom stereocenters. The number of carbonyl (C=O) groups is 1. The molecule has 0 heterocycles. The minimum absolute atomic E-state index is 0.500. The quantitative estimate of drug-likeness (QED) is 0.158. The Labute approximate surface area is 105 Å². The van der Waals surface area contributed by atoms with Gasteiger partial charge in [0.05, 0.1) is 10.1 Å². The number of hydrogen-bond acceptors (Lipinski definition) is 9. The van der Waals surface area contributed by atoms with Crippen molar-refractivity contribution in [3.63, 3.8) is 0 Å². The second-order valence-electron chi connectivity index (χ2n) is 2.65. The summed E-state index contributed by atoms with van der Waals surface area (Å²) in [4.78, 5) is 26.7. The van der Waals surface area contributed by atoms with Gasteiger partial charge < -0.3 is 23.9 Å². The van der Waals surface area contributed by atoms with Gasteiger partial charge in [0.15, 0.2) is 7.05 Å². The summed E-state index contributed by atoms with van der Waals surface area (Å²) in [5.74, 6) is -1.08. The average Bonchev–Trinajstić information content (AvgIpc) is 1.70. The molecular formula is C6H14NO9PS-4. The molecule has 112 valence electrons. The number of nitro groups is 1. The molecule has 0 fully saturated rings. The summed E-state index contributed by atoms with van der Waals surface area (Å²) in [5.41, 5.74) is 0. The minimum atomic E-state index is -3.92. The lowest BCUT2D eigenvalue weighted by atomic mass is 10.9. The van der Waals surface area contributed by atoms with Crippen molar-refractivity contribution in [1.82, 2.24) is 0 Å². The number of carboxylic acids is 1. The van der Waals surface area contributed by atoms with Gasteiger partial charge in [-0.1, -0.05) is 6.66 Å². The van der Waals surface area contributed by atoms with Gasteiger partial charge >= 0.3 is 0 Å². The van der Waals surface area contributed by atoms with E-state index in [2.05, 4.69) is 6.66 Å². The lowest BCUT2D eigenvalue weighted by Crippen LogP contribution is -2.16. The number of nitrogens with zero attached hydrogens (tertiary/aromatic N) is 1. The number of carbonyl (C=O) groups excluding carboxylic acids is 1. The predicted octanol–water partition coefficient (Wildman–Crippen LogP) is -2.14. The fourth-order valence-electron chi connectivity index (χ4n) is 0. The summed E-state index contributed by atoms with van der Waals surface area (Å²) in [6, 6.07) is 0. The fourth-order valence-corrected chi connectivity index (χ4v) is 0. The molecule has 0 bridgehead atoms. The van der Waals surface area contributed by atoms with Crippen molar-refractivity contribution < 1.29 is 37.3 Å². The van der Waals surface area contributed by atoms with Crippen molar-refractivity contribution in [2.24, 2.45) is 0 Å². The molecule has 0 aliphatic rings. The zero-order valence-corrected chi connectivity index (χ0v) is 11.9. The molecular weight excluding hydrogens is 293 g/mol. The zero-order chi connectivity index (χ0) is 16.2. The molecule has 0 aromatic rings. The maximum atomic E-state index is 9.55. The summed E-state index contributed by atoms with van der Waals surface area (Å²) in [6.45, 7) is 4.82. The first-order valence-corrected chi connectivity index (χ1v) is 7.83. The van der Waals surface area contributed by atoms with Gasteiger partial charge in [0.1, 0.15) is 0 Å². The average molecular weight is 307 g/mol. The largest absolute Gasteiger partial charge is 0.823 e. The highest BCUT2D eigenvalue weighted by Gasteiger charge is 1.65. The molecule has 0 saturated heterocycles. The first-order chi connectivity index (χ1) is 7.46. The highest BCUT2D eigenvalue weighted by molar-refractivity contribution is 7.84. The van der Waals surface area contributed by atoms with Gasteiger partial charge in [-0.15, -0.1) is 7.37 Å². The van der Waals surface area contributed by atoms with E-state index in [1.54, 1.807) is 0 Å². The van der Waals surface area contributed by atoms with E-state index in [0.717, 1.165) is 20.6 Å². The third-order valence-corrected chi connectivity index (χ3v) is 0. The van der Waals surface area contributed by atoms with Crippen LogP contribution in [0.15, 0.2) is 0 Å². The maximum Gasteiger partial charge on any atom is 0.194 e.